The van der Waals surface area contributed by atoms with Crippen LogP contribution in [0.25, 0.3) is 17.0 Å². The van der Waals surface area contributed by atoms with Crippen molar-refractivity contribution >= 4 is 17.0 Å². The number of aromatic hydroxyl groups is 1. The lowest BCUT2D eigenvalue weighted by Crippen LogP contribution is -2.31. The molecule has 1 aliphatic heterocycles. The molecule has 0 amide bonds. The zero-order valence-electron chi connectivity index (χ0n) is 13.6. The van der Waals surface area contributed by atoms with Crippen LogP contribution in [-0.4, -0.2) is 10.7 Å². The summed E-state index contributed by atoms with van der Waals surface area (Å²) < 4.78 is 11.4. The number of benzene rings is 1. The van der Waals surface area contributed by atoms with Crippen LogP contribution in [0.3, 0.4) is 0 Å². The molecule has 2 heterocycles. The first-order valence-electron chi connectivity index (χ1n) is 7.69. The summed E-state index contributed by atoms with van der Waals surface area (Å²) in [6, 6.07) is 4.49. The van der Waals surface area contributed by atoms with Gasteiger partial charge in [0, 0.05) is 12.1 Å². The van der Waals surface area contributed by atoms with Gasteiger partial charge in [-0.3, -0.25) is 0 Å². The zero-order valence-corrected chi connectivity index (χ0v) is 13.6. The van der Waals surface area contributed by atoms with Crippen LogP contribution in [0.5, 0.6) is 11.5 Å². The van der Waals surface area contributed by atoms with Crippen LogP contribution in [0.2, 0.25) is 0 Å². The Morgan fingerprint density at radius 3 is 2.87 bits per heavy atom. The van der Waals surface area contributed by atoms with E-state index in [0.29, 0.717) is 22.3 Å². The third kappa shape index (κ3) is 3.02. The molecule has 0 aliphatic carbocycles. The van der Waals surface area contributed by atoms with Gasteiger partial charge in [-0.15, -0.1) is 0 Å². The van der Waals surface area contributed by atoms with Crippen molar-refractivity contribution in [3.63, 3.8) is 0 Å². The number of phenolic OH excluding ortho intramolecular Hbond substituents is 1. The minimum atomic E-state index is -0.462. The van der Waals surface area contributed by atoms with Gasteiger partial charge in [-0.05, 0) is 51.8 Å². The number of fused-ring (bicyclic) bond motifs is 3. The monoisotopic (exact) mass is 312 g/mol. The Morgan fingerprint density at radius 1 is 1.35 bits per heavy atom. The predicted octanol–water partition coefficient (Wildman–Crippen LogP) is 4.41. The van der Waals surface area contributed by atoms with Crippen molar-refractivity contribution < 1.29 is 14.3 Å². The second-order valence-corrected chi connectivity index (χ2v) is 6.37. The Hall–Kier alpha value is -2.49. The van der Waals surface area contributed by atoms with E-state index in [1.165, 1.54) is 17.7 Å². The smallest absolute Gasteiger partial charge is 0.336 e. The van der Waals surface area contributed by atoms with Crippen LogP contribution < -0.4 is 10.4 Å². The number of ether oxygens (including phenoxy) is 1. The fourth-order valence-electron chi connectivity index (χ4n) is 2.77. The van der Waals surface area contributed by atoms with Crippen molar-refractivity contribution in [3.05, 3.63) is 51.9 Å². The molecule has 0 fully saturated rings. The summed E-state index contributed by atoms with van der Waals surface area (Å²) in [6.45, 7) is 6.16. The summed E-state index contributed by atoms with van der Waals surface area (Å²) in [5.74, 6) is 0.607. The van der Waals surface area contributed by atoms with Crippen LogP contribution in [0.15, 0.2) is 45.1 Å². The fraction of sp³-hybridized carbons (Fsp3) is 0.316. The van der Waals surface area contributed by atoms with E-state index < -0.39 is 11.2 Å². The zero-order chi connectivity index (χ0) is 16.6. The van der Waals surface area contributed by atoms with Gasteiger partial charge in [0.2, 0.25) is 0 Å². The normalized spacial score (nSPS) is 19.3. The Labute approximate surface area is 134 Å². The molecule has 0 radical (unpaired) electrons. The first-order valence-corrected chi connectivity index (χ1v) is 7.69. The van der Waals surface area contributed by atoms with Gasteiger partial charge in [0.05, 0.1) is 10.9 Å². The molecule has 0 bridgehead atoms. The van der Waals surface area contributed by atoms with Gasteiger partial charge in [0.15, 0.2) is 0 Å². The molecule has 0 spiro atoms. The average molecular weight is 312 g/mol. The largest absolute Gasteiger partial charge is 0.507 e. The van der Waals surface area contributed by atoms with Gasteiger partial charge in [0.1, 0.15) is 22.7 Å². The van der Waals surface area contributed by atoms with E-state index in [1.54, 1.807) is 6.07 Å². The molecule has 1 aromatic heterocycles. The Morgan fingerprint density at radius 2 is 2.13 bits per heavy atom. The van der Waals surface area contributed by atoms with Gasteiger partial charge in [0.25, 0.3) is 0 Å². The van der Waals surface area contributed by atoms with Crippen molar-refractivity contribution in [3.8, 4) is 11.5 Å². The number of phenols is 1. The molecule has 23 heavy (non-hydrogen) atoms. The topological polar surface area (TPSA) is 59.7 Å². The minimum Gasteiger partial charge on any atom is -0.507 e. The number of rotatable bonds is 3. The van der Waals surface area contributed by atoms with Crippen molar-refractivity contribution in [2.24, 2.45) is 0 Å². The first-order chi connectivity index (χ1) is 10.9. The molecular formula is C19H20O4. The average Bonchev–Trinajstić information content (AvgIpc) is 2.46. The van der Waals surface area contributed by atoms with Crippen LogP contribution in [0.4, 0.5) is 0 Å². The highest BCUT2D eigenvalue weighted by molar-refractivity contribution is 5.91. The van der Waals surface area contributed by atoms with Gasteiger partial charge < -0.3 is 14.3 Å². The Kier molecular flexibility index (Phi) is 3.76. The maximum absolute atomic E-state index is 11.4. The highest BCUT2D eigenvalue weighted by Gasteiger charge is 2.29. The maximum atomic E-state index is 11.4. The van der Waals surface area contributed by atoms with Crippen molar-refractivity contribution in [2.75, 3.05) is 0 Å². The molecule has 1 aliphatic rings. The summed E-state index contributed by atoms with van der Waals surface area (Å²) in [5.41, 5.74) is 1.31. The van der Waals surface area contributed by atoms with Crippen LogP contribution in [-0.2, 0) is 0 Å². The third-order valence-electron chi connectivity index (χ3n) is 4.03. The van der Waals surface area contributed by atoms with Crippen LogP contribution in [0, 0.1) is 0 Å². The van der Waals surface area contributed by atoms with Gasteiger partial charge in [-0.25, -0.2) is 4.79 Å². The number of hydrogen-bond acceptors (Lipinski definition) is 4. The van der Waals surface area contributed by atoms with Crippen LogP contribution >= 0.6 is 0 Å². The molecule has 1 N–H and O–H groups in total. The predicted molar refractivity (Wildman–Crippen MR) is 90.9 cm³/mol. The van der Waals surface area contributed by atoms with E-state index in [1.807, 2.05) is 19.1 Å². The lowest BCUT2D eigenvalue weighted by molar-refractivity contribution is 0.130. The molecule has 4 heteroatoms. The molecule has 1 aromatic carbocycles. The minimum absolute atomic E-state index is 0.0458. The van der Waals surface area contributed by atoms with Gasteiger partial charge in [-0.1, -0.05) is 11.6 Å². The van der Waals surface area contributed by atoms with Crippen LogP contribution in [0.1, 0.15) is 39.2 Å². The molecule has 0 unspecified atom stereocenters. The van der Waals surface area contributed by atoms with E-state index >= 15 is 0 Å². The fourth-order valence-corrected chi connectivity index (χ4v) is 2.77. The summed E-state index contributed by atoms with van der Waals surface area (Å²) in [4.78, 5) is 11.4. The first kappa shape index (κ1) is 15.4. The molecule has 4 nitrogen and oxygen atoms in total. The highest BCUT2D eigenvalue weighted by atomic mass is 16.5. The summed E-state index contributed by atoms with van der Waals surface area (Å²) in [7, 11) is 0. The standard InChI is InChI=1S/C19H20O4/c1-12(2)5-4-9-19(3)10-8-13-15(20)11-16-14(18(13)23-19)6-7-17(21)22-16/h5-8,10-11,20H,4,9H2,1-3H3/t19-/m0/s1. The second kappa shape index (κ2) is 5.61. The summed E-state index contributed by atoms with van der Waals surface area (Å²) in [5, 5.41) is 10.9. The van der Waals surface area contributed by atoms with E-state index in [9.17, 15) is 9.90 Å². The number of hydrogen-bond donors (Lipinski definition) is 1. The molecule has 2 aromatic rings. The van der Waals surface area contributed by atoms with E-state index in [4.69, 9.17) is 9.15 Å². The van der Waals surface area contributed by atoms with Gasteiger partial charge >= 0.3 is 5.63 Å². The van der Waals surface area contributed by atoms with E-state index in [0.717, 1.165) is 12.8 Å². The van der Waals surface area contributed by atoms with Gasteiger partial charge in [-0.2, -0.15) is 0 Å². The summed E-state index contributed by atoms with van der Waals surface area (Å²) >= 11 is 0. The lowest BCUT2D eigenvalue weighted by Gasteiger charge is -2.32. The van der Waals surface area contributed by atoms with E-state index in [2.05, 4.69) is 19.9 Å². The van der Waals surface area contributed by atoms with Crippen molar-refractivity contribution in [2.45, 2.75) is 39.2 Å². The van der Waals surface area contributed by atoms with Crippen molar-refractivity contribution in [1.29, 1.82) is 0 Å². The SMILES string of the molecule is CC(C)=CCC[C@@]1(C)C=Cc2c(O)cc3oc(=O)ccc3c2O1. The second-order valence-electron chi connectivity index (χ2n) is 6.37. The molecular weight excluding hydrogens is 292 g/mol. The molecule has 120 valence electrons. The summed E-state index contributed by atoms with van der Waals surface area (Å²) in [6.07, 6.45) is 7.75. The molecule has 0 saturated carbocycles. The maximum Gasteiger partial charge on any atom is 0.336 e. The highest BCUT2D eigenvalue weighted by Crippen LogP contribution is 2.43. The quantitative estimate of drug-likeness (QED) is 0.673. The Bertz CT molecular complexity index is 869. The lowest BCUT2D eigenvalue weighted by atomic mass is 9.93. The Balaban J connectivity index is 2.03. The van der Waals surface area contributed by atoms with Crippen molar-refractivity contribution in [1.82, 2.24) is 0 Å². The molecule has 3 rings (SSSR count). The molecule has 0 saturated heterocycles. The molecule has 1 atom stereocenters. The third-order valence-corrected chi connectivity index (χ3v) is 4.03. The van der Waals surface area contributed by atoms with E-state index in [-0.39, 0.29) is 5.75 Å². The number of allylic oxidation sites excluding steroid dienone is 2.